The summed E-state index contributed by atoms with van der Waals surface area (Å²) in [7, 11) is 0. The predicted molar refractivity (Wildman–Crippen MR) is 234 cm³/mol. The van der Waals surface area contributed by atoms with Crippen molar-refractivity contribution in [2.75, 3.05) is 26.4 Å². The summed E-state index contributed by atoms with van der Waals surface area (Å²) in [6.07, 6.45) is 16.5. The number of carbonyl (C=O) groups is 2. The first-order valence-electron chi connectivity index (χ1n) is 23.9. The van der Waals surface area contributed by atoms with E-state index in [1.807, 2.05) is 0 Å². The Morgan fingerprint density at radius 3 is 1.53 bits per heavy atom. The average Bonchev–Trinajstić information content (AvgIpc) is 3.26. The fourth-order valence-corrected chi connectivity index (χ4v) is 7.42. The molecule has 362 valence electrons. The molecular weight excluding hydrogens is 805 g/mol. The van der Waals surface area contributed by atoms with Gasteiger partial charge in [-0.25, -0.2) is 0 Å². The molecule has 0 aliphatic carbocycles. The zero-order chi connectivity index (χ0) is 45.4. The van der Waals surface area contributed by atoms with Crippen molar-refractivity contribution in [3.63, 3.8) is 0 Å². The van der Waals surface area contributed by atoms with E-state index >= 15 is 0 Å². The molecule has 2 heterocycles. The highest BCUT2D eigenvalue weighted by Gasteiger charge is 2.47. The lowest BCUT2D eigenvalue weighted by Crippen LogP contribution is -2.61. The Hall–Kier alpha value is -2.02. The van der Waals surface area contributed by atoms with Gasteiger partial charge in [0.2, 0.25) is 0 Å². The maximum atomic E-state index is 12.9. The van der Waals surface area contributed by atoms with E-state index in [-0.39, 0.29) is 19.4 Å². The Kier molecular flexibility index (Phi) is 31.9. The van der Waals surface area contributed by atoms with E-state index in [0.717, 1.165) is 44.9 Å². The van der Waals surface area contributed by atoms with Gasteiger partial charge in [-0.2, -0.15) is 0 Å². The maximum Gasteiger partial charge on any atom is 0.306 e. The standard InChI is InChI=1S/C47H84O15/c1-3-5-7-9-11-13-15-16-17-18-20-22-24-26-28-30-39(50)60-35(32-57-38(49)29-27-25-23-21-19-14-12-10-8-6-4-2)33-58-46-45(56)43(54)41(52)37(62-46)34-59-47-44(55)42(53)40(51)36(31-48)61-47/h16-17,20,22,35-37,40-48,51-56H,3-15,18-19,21,23-34H2,1-2H3/b17-16+,22-20+/t35-,36-,37-,40+,41+,42?,43?,44?,45?,46-,47-/m1/s1. The minimum Gasteiger partial charge on any atom is -0.462 e. The molecule has 0 amide bonds. The summed E-state index contributed by atoms with van der Waals surface area (Å²) in [5, 5.41) is 71.9. The number of rotatable bonds is 36. The normalized spacial score (nSPS) is 27.2. The first kappa shape index (κ1) is 56.1. The zero-order valence-corrected chi connectivity index (χ0v) is 37.9. The molecule has 0 aromatic carbocycles. The van der Waals surface area contributed by atoms with Gasteiger partial charge in [0.25, 0.3) is 0 Å². The molecule has 2 saturated heterocycles. The van der Waals surface area contributed by atoms with Crippen LogP contribution in [0.25, 0.3) is 0 Å². The summed E-state index contributed by atoms with van der Waals surface area (Å²) in [5.74, 6) is -0.961. The van der Waals surface area contributed by atoms with Crippen molar-refractivity contribution in [2.24, 2.45) is 0 Å². The van der Waals surface area contributed by atoms with Crippen LogP contribution in [0.2, 0.25) is 0 Å². The van der Waals surface area contributed by atoms with Crippen LogP contribution in [-0.4, -0.2) is 142 Å². The van der Waals surface area contributed by atoms with E-state index in [9.17, 15) is 45.3 Å². The Balaban J connectivity index is 1.86. The van der Waals surface area contributed by atoms with Crippen LogP contribution in [0.15, 0.2) is 24.3 Å². The largest absolute Gasteiger partial charge is 0.462 e. The summed E-state index contributed by atoms with van der Waals surface area (Å²) in [6.45, 7) is 2.53. The van der Waals surface area contributed by atoms with Gasteiger partial charge in [0, 0.05) is 12.8 Å². The molecule has 0 radical (unpaired) electrons. The number of unbranched alkanes of at least 4 members (excludes halogenated alkanes) is 18. The van der Waals surface area contributed by atoms with E-state index in [4.69, 9.17) is 28.4 Å². The molecule has 0 aromatic heterocycles. The number of carbonyl (C=O) groups excluding carboxylic acids is 2. The van der Waals surface area contributed by atoms with Gasteiger partial charge in [-0.3, -0.25) is 9.59 Å². The highest BCUT2D eigenvalue weighted by Crippen LogP contribution is 2.26. The van der Waals surface area contributed by atoms with Crippen molar-refractivity contribution in [1.82, 2.24) is 0 Å². The molecule has 2 fully saturated rings. The minimum absolute atomic E-state index is 0.125. The second-order valence-corrected chi connectivity index (χ2v) is 16.9. The summed E-state index contributed by atoms with van der Waals surface area (Å²) < 4.78 is 33.4. The van der Waals surface area contributed by atoms with Crippen LogP contribution < -0.4 is 0 Å². The van der Waals surface area contributed by atoms with Crippen LogP contribution in [0.3, 0.4) is 0 Å². The van der Waals surface area contributed by atoms with Crippen molar-refractivity contribution in [3.8, 4) is 0 Å². The van der Waals surface area contributed by atoms with Gasteiger partial charge in [0.05, 0.1) is 19.8 Å². The molecule has 2 aliphatic heterocycles. The minimum atomic E-state index is -1.77. The Morgan fingerprint density at radius 1 is 0.516 bits per heavy atom. The Labute approximate surface area is 371 Å². The highest BCUT2D eigenvalue weighted by atomic mass is 16.7. The molecule has 0 aromatic rings. The molecule has 0 spiro atoms. The number of aliphatic hydroxyl groups excluding tert-OH is 7. The quantitative estimate of drug-likeness (QED) is 0.0231. The fourth-order valence-electron chi connectivity index (χ4n) is 7.42. The lowest BCUT2D eigenvalue weighted by molar-refractivity contribution is -0.332. The summed E-state index contributed by atoms with van der Waals surface area (Å²) in [4.78, 5) is 25.6. The zero-order valence-electron chi connectivity index (χ0n) is 37.9. The fraction of sp³-hybridized carbons (Fsp3) is 0.872. The number of ether oxygens (including phenoxy) is 6. The van der Waals surface area contributed by atoms with E-state index in [2.05, 4.69) is 38.2 Å². The monoisotopic (exact) mass is 889 g/mol. The predicted octanol–water partition coefficient (Wildman–Crippen LogP) is 5.60. The summed E-state index contributed by atoms with van der Waals surface area (Å²) >= 11 is 0. The molecule has 0 saturated carbocycles. The first-order valence-corrected chi connectivity index (χ1v) is 23.9. The molecular formula is C47H84O15. The van der Waals surface area contributed by atoms with Crippen LogP contribution in [0.4, 0.5) is 0 Å². The van der Waals surface area contributed by atoms with Crippen LogP contribution in [0.5, 0.6) is 0 Å². The molecule has 62 heavy (non-hydrogen) atoms. The van der Waals surface area contributed by atoms with Gasteiger partial charge in [0.1, 0.15) is 55.4 Å². The second kappa shape index (κ2) is 35.3. The first-order chi connectivity index (χ1) is 30.0. The van der Waals surface area contributed by atoms with Crippen molar-refractivity contribution in [1.29, 1.82) is 0 Å². The van der Waals surface area contributed by atoms with Crippen LogP contribution >= 0.6 is 0 Å². The smallest absolute Gasteiger partial charge is 0.306 e. The third-order valence-electron chi connectivity index (χ3n) is 11.4. The summed E-state index contributed by atoms with van der Waals surface area (Å²) in [6, 6.07) is 0. The second-order valence-electron chi connectivity index (χ2n) is 16.9. The van der Waals surface area contributed by atoms with Crippen molar-refractivity contribution >= 4 is 11.9 Å². The van der Waals surface area contributed by atoms with Gasteiger partial charge >= 0.3 is 11.9 Å². The highest BCUT2D eigenvalue weighted by molar-refractivity contribution is 5.70. The third-order valence-corrected chi connectivity index (χ3v) is 11.4. The molecule has 0 bridgehead atoms. The lowest BCUT2D eigenvalue weighted by atomic mass is 9.98. The Bertz CT molecular complexity index is 1180. The molecule has 7 N–H and O–H groups in total. The van der Waals surface area contributed by atoms with Crippen LogP contribution in [0.1, 0.15) is 168 Å². The summed E-state index contributed by atoms with van der Waals surface area (Å²) in [5.41, 5.74) is 0. The van der Waals surface area contributed by atoms with Crippen LogP contribution in [0, 0.1) is 0 Å². The number of aliphatic hydroxyl groups is 7. The molecule has 11 atom stereocenters. The third kappa shape index (κ3) is 23.8. The van der Waals surface area contributed by atoms with Gasteiger partial charge in [-0.05, 0) is 44.9 Å². The van der Waals surface area contributed by atoms with Crippen molar-refractivity contribution in [2.45, 2.75) is 235 Å². The van der Waals surface area contributed by atoms with E-state index in [1.54, 1.807) is 0 Å². The van der Waals surface area contributed by atoms with E-state index in [0.29, 0.717) is 12.8 Å². The maximum absolute atomic E-state index is 12.9. The number of allylic oxidation sites excluding steroid dienone is 4. The lowest BCUT2D eigenvalue weighted by Gasteiger charge is -2.42. The number of esters is 2. The molecule has 15 nitrogen and oxygen atoms in total. The van der Waals surface area contributed by atoms with Gasteiger partial charge in [-0.15, -0.1) is 0 Å². The average molecular weight is 889 g/mol. The van der Waals surface area contributed by atoms with Gasteiger partial charge in [0.15, 0.2) is 18.7 Å². The number of hydrogen-bond acceptors (Lipinski definition) is 15. The molecule has 4 unspecified atom stereocenters. The van der Waals surface area contributed by atoms with E-state index in [1.165, 1.54) is 83.5 Å². The molecule has 2 rings (SSSR count). The van der Waals surface area contributed by atoms with Gasteiger partial charge in [-0.1, -0.05) is 134 Å². The molecule has 2 aliphatic rings. The number of hydrogen-bond donors (Lipinski definition) is 7. The van der Waals surface area contributed by atoms with Gasteiger partial charge < -0.3 is 64.2 Å². The van der Waals surface area contributed by atoms with Crippen molar-refractivity contribution < 1.29 is 73.8 Å². The van der Waals surface area contributed by atoms with Crippen molar-refractivity contribution in [3.05, 3.63) is 24.3 Å². The Morgan fingerprint density at radius 2 is 0.968 bits per heavy atom. The topological polar surface area (TPSA) is 231 Å². The van der Waals surface area contributed by atoms with E-state index < -0.39 is 99.3 Å². The SMILES string of the molecule is CCCCCCCC/C=C/C/C=C/CCCCC(=O)O[C@H](COC(=O)CCCCCCCCCCCCC)CO[C@@H]1O[C@H](CO[C@@H]2O[C@H](CO)[C@H](O)C(O)C2O)[C@H](O)C(O)C1O. The molecule has 15 heteroatoms. The van der Waals surface area contributed by atoms with Crippen LogP contribution in [-0.2, 0) is 38.0 Å².